The van der Waals surface area contributed by atoms with Gasteiger partial charge in [-0.2, -0.15) is 0 Å². The number of rotatable bonds is 3. The van der Waals surface area contributed by atoms with Crippen LogP contribution in [0.15, 0.2) is 18.2 Å². The van der Waals surface area contributed by atoms with Crippen LogP contribution in [0.1, 0.15) is 62.5 Å². The average molecular weight is 231 g/mol. The minimum Gasteiger partial charge on any atom is -0.399 e. The normalized spacial score (nSPS) is 24.8. The quantitative estimate of drug-likeness (QED) is 0.753. The van der Waals surface area contributed by atoms with Crippen molar-refractivity contribution in [2.75, 3.05) is 5.73 Å². The lowest BCUT2D eigenvalue weighted by Gasteiger charge is -2.29. The van der Waals surface area contributed by atoms with Crippen molar-refractivity contribution in [3.8, 4) is 0 Å². The smallest absolute Gasteiger partial charge is 0.0316 e. The second-order valence-corrected chi connectivity index (χ2v) is 5.62. The third-order valence-corrected chi connectivity index (χ3v) is 4.28. The van der Waals surface area contributed by atoms with Gasteiger partial charge in [0.25, 0.3) is 0 Å². The molecule has 0 aliphatic heterocycles. The summed E-state index contributed by atoms with van der Waals surface area (Å²) in [5.74, 6) is 1.77. The van der Waals surface area contributed by atoms with Crippen LogP contribution >= 0.6 is 0 Å². The minimum atomic E-state index is 0.781. The summed E-state index contributed by atoms with van der Waals surface area (Å²) >= 11 is 0. The maximum absolute atomic E-state index is 5.82. The van der Waals surface area contributed by atoms with Crippen LogP contribution in [-0.4, -0.2) is 0 Å². The number of hydrogen-bond donors (Lipinski definition) is 1. The van der Waals surface area contributed by atoms with Gasteiger partial charge in [0.2, 0.25) is 0 Å². The molecule has 0 radical (unpaired) electrons. The predicted molar refractivity (Wildman–Crippen MR) is 75.2 cm³/mol. The van der Waals surface area contributed by atoms with Gasteiger partial charge in [-0.1, -0.05) is 25.8 Å². The van der Waals surface area contributed by atoms with Crippen molar-refractivity contribution in [2.45, 2.75) is 58.3 Å². The summed E-state index contributed by atoms with van der Waals surface area (Å²) in [7, 11) is 0. The molecule has 0 amide bonds. The zero-order valence-corrected chi connectivity index (χ0v) is 11.2. The molecule has 1 saturated carbocycles. The van der Waals surface area contributed by atoms with E-state index in [9.17, 15) is 0 Å². The average Bonchev–Trinajstić information content (AvgIpc) is 2.31. The second kappa shape index (κ2) is 5.57. The van der Waals surface area contributed by atoms with Crippen LogP contribution in [0.5, 0.6) is 0 Å². The molecule has 1 nitrogen and oxygen atoms in total. The molecule has 1 aromatic rings. The minimum absolute atomic E-state index is 0.781. The van der Waals surface area contributed by atoms with Crippen molar-refractivity contribution in [1.29, 1.82) is 0 Å². The van der Waals surface area contributed by atoms with Gasteiger partial charge in [-0.05, 0) is 67.7 Å². The molecule has 0 aromatic heterocycles. The second-order valence-electron chi connectivity index (χ2n) is 5.62. The van der Waals surface area contributed by atoms with Gasteiger partial charge >= 0.3 is 0 Å². The van der Waals surface area contributed by atoms with Crippen LogP contribution in [0.2, 0.25) is 0 Å². The van der Waals surface area contributed by atoms with Crippen LogP contribution < -0.4 is 5.73 Å². The van der Waals surface area contributed by atoms with Gasteiger partial charge in [0.1, 0.15) is 0 Å². The molecule has 1 heteroatoms. The maximum Gasteiger partial charge on any atom is 0.0316 e. The molecule has 0 saturated heterocycles. The Morgan fingerprint density at radius 3 is 2.47 bits per heavy atom. The van der Waals surface area contributed by atoms with Gasteiger partial charge < -0.3 is 5.73 Å². The highest BCUT2D eigenvalue weighted by atomic mass is 14.5. The van der Waals surface area contributed by atoms with Gasteiger partial charge in [0.05, 0.1) is 0 Å². The Labute approximate surface area is 105 Å². The van der Waals surface area contributed by atoms with E-state index < -0.39 is 0 Å². The molecule has 94 valence electrons. The third kappa shape index (κ3) is 3.02. The molecule has 0 atom stereocenters. The summed E-state index contributed by atoms with van der Waals surface area (Å²) in [6.45, 7) is 4.50. The summed E-state index contributed by atoms with van der Waals surface area (Å²) in [5.41, 5.74) is 9.63. The Balaban J connectivity index is 2.00. The zero-order chi connectivity index (χ0) is 12.3. The van der Waals surface area contributed by atoms with E-state index in [2.05, 4.69) is 32.0 Å². The van der Waals surface area contributed by atoms with Gasteiger partial charge in [-0.15, -0.1) is 0 Å². The molecule has 0 spiro atoms. The van der Waals surface area contributed by atoms with Crippen molar-refractivity contribution in [3.63, 3.8) is 0 Å². The molecular weight excluding hydrogens is 206 g/mol. The molecule has 2 rings (SSSR count). The molecule has 1 aliphatic rings. The van der Waals surface area contributed by atoms with E-state index in [1.165, 1.54) is 49.7 Å². The first kappa shape index (κ1) is 12.5. The third-order valence-electron chi connectivity index (χ3n) is 4.28. The van der Waals surface area contributed by atoms with E-state index >= 15 is 0 Å². The highest BCUT2D eigenvalue weighted by molar-refractivity contribution is 5.45. The highest BCUT2D eigenvalue weighted by Crippen LogP contribution is 2.38. The van der Waals surface area contributed by atoms with Crippen LogP contribution in [0, 0.1) is 12.8 Å². The van der Waals surface area contributed by atoms with Crippen molar-refractivity contribution < 1.29 is 0 Å². The molecular formula is C16H25N. The largest absolute Gasteiger partial charge is 0.399 e. The Hall–Kier alpha value is -0.980. The van der Waals surface area contributed by atoms with Crippen LogP contribution in [0.3, 0.4) is 0 Å². The Morgan fingerprint density at radius 1 is 1.18 bits per heavy atom. The van der Waals surface area contributed by atoms with Gasteiger partial charge in [0.15, 0.2) is 0 Å². The predicted octanol–water partition coefficient (Wildman–Crippen LogP) is 4.65. The van der Waals surface area contributed by atoms with E-state index in [4.69, 9.17) is 5.73 Å². The van der Waals surface area contributed by atoms with E-state index in [-0.39, 0.29) is 0 Å². The number of nitrogen functional groups attached to an aromatic ring is 1. The van der Waals surface area contributed by atoms with Crippen molar-refractivity contribution in [1.82, 2.24) is 0 Å². The SMILES string of the molecule is CCC[C@H]1CC[C@H](c2ccc(N)cc2C)CC1. The number of aryl methyl sites for hydroxylation is 1. The zero-order valence-electron chi connectivity index (χ0n) is 11.2. The first-order valence-corrected chi connectivity index (χ1v) is 7.06. The number of nitrogens with two attached hydrogens (primary N) is 1. The monoisotopic (exact) mass is 231 g/mol. The van der Waals surface area contributed by atoms with Crippen molar-refractivity contribution in [2.24, 2.45) is 5.92 Å². The first-order chi connectivity index (χ1) is 8.20. The molecule has 0 heterocycles. The highest BCUT2D eigenvalue weighted by Gasteiger charge is 2.22. The van der Waals surface area contributed by atoms with E-state index in [1.807, 2.05) is 0 Å². The molecule has 2 N–H and O–H groups in total. The Morgan fingerprint density at radius 2 is 1.88 bits per heavy atom. The Kier molecular flexibility index (Phi) is 4.09. The molecule has 0 bridgehead atoms. The summed E-state index contributed by atoms with van der Waals surface area (Å²) in [6, 6.07) is 6.42. The number of anilines is 1. The summed E-state index contributed by atoms with van der Waals surface area (Å²) < 4.78 is 0. The molecule has 1 aliphatic carbocycles. The van der Waals surface area contributed by atoms with Crippen molar-refractivity contribution in [3.05, 3.63) is 29.3 Å². The van der Waals surface area contributed by atoms with Crippen LogP contribution in [-0.2, 0) is 0 Å². The lowest BCUT2D eigenvalue weighted by atomic mass is 9.76. The number of benzene rings is 1. The molecule has 0 unspecified atom stereocenters. The van der Waals surface area contributed by atoms with Crippen LogP contribution in [0.4, 0.5) is 5.69 Å². The maximum atomic E-state index is 5.82. The topological polar surface area (TPSA) is 26.0 Å². The fourth-order valence-corrected chi connectivity index (χ4v) is 3.33. The fraction of sp³-hybridized carbons (Fsp3) is 0.625. The molecule has 17 heavy (non-hydrogen) atoms. The summed E-state index contributed by atoms with van der Waals surface area (Å²) in [5, 5.41) is 0. The van der Waals surface area contributed by atoms with E-state index in [0.29, 0.717) is 0 Å². The lowest BCUT2D eigenvalue weighted by Crippen LogP contribution is -2.14. The van der Waals surface area contributed by atoms with Crippen LogP contribution in [0.25, 0.3) is 0 Å². The van der Waals surface area contributed by atoms with Gasteiger partial charge in [0, 0.05) is 5.69 Å². The first-order valence-electron chi connectivity index (χ1n) is 7.06. The van der Waals surface area contributed by atoms with Crippen molar-refractivity contribution >= 4 is 5.69 Å². The molecule has 1 fully saturated rings. The number of hydrogen-bond acceptors (Lipinski definition) is 1. The van der Waals surface area contributed by atoms with E-state index in [1.54, 1.807) is 0 Å². The lowest BCUT2D eigenvalue weighted by molar-refractivity contribution is 0.308. The Bertz CT molecular complexity index is 362. The summed E-state index contributed by atoms with van der Waals surface area (Å²) in [4.78, 5) is 0. The summed E-state index contributed by atoms with van der Waals surface area (Å²) in [6.07, 6.45) is 8.35. The molecule has 1 aromatic carbocycles. The van der Waals surface area contributed by atoms with Gasteiger partial charge in [-0.3, -0.25) is 0 Å². The standard InChI is InChI=1S/C16H25N/c1-3-4-13-5-7-14(8-6-13)16-10-9-15(17)11-12(16)2/h9-11,13-14H,3-8,17H2,1-2H3/t13-,14-. The fourth-order valence-electron chi connectivity index (χ4n) is 3.33. The van der Waals surface area contributed by atoms with Gasteiger partial charge in [-0.25, -0.2) is 0 Å². The van der Waals surface area contributed by atoms with E-state index in [0.717, 1.165) is 17.5 Å².